The summed E-state index contributed by atoms with van der Waals surface area (Å²) in [6.45, 7) is 7.91. The minimum Gasteiger partial charge on any atom is -0.490 e. The SMILES string of the molecule is CCOc1cc(C=NNCc2ccccc2)cc(Cl)c1OCC(C)C. The van der Waals surface area contributed by atoms with Crippen LogP contribution in [0.3, 0.4) is 0 Å². The highest BCUT2D eigenvalue weighted by Crippen LogP contribution is 2.36. The average molecular weight is 361 g/mol. The Morgan fingerprint density at radius 3 is 2.60 bits per heavy atom. The van der Waals surface area contributed by atoms with Crippen LogP contribution in [0.25, 0.3) is 0 Å². The van der Waals surface area contributed by atoms with E-state index in [0.29, 0.717) is 42.2 Å². The van der Waals surface area contributed by atoms with Crippen molar-refractivity contribution in [2.24, 2.45) is 11.0 Å². The molecule has 0 aromatic heterocycles. The largest absolute Gasteiger partial charge is 0.490 e. The van der Waals surface area contributed by atoms with E-state index >= 15 is 0 Å². The fourth-order valence-corrected chi connectivity index (χ4v) is 2.44. The summed E-state index contributed by atoms with van der Waals surface area (Å²) >= 11 is 6.38. The molecule has 0 radical (unpaired) electrons. The summed E-state index contributed by atoms with van der Waals surface area (Å²) in [6.07, 6.45) is 1.73. The number of ether oxygens (including phenoxy) is 2. The first-order valence-electron chi connectivity index (χ1n) is 8.49. The van der Waals surface area contributed by atoms with Gasteiger partial charge in [0.2, 0.25) is 0 Å². The van der Waals surface area contributed by atoms with Crippen LogP contribution >= 0.6 is 11.6 Å². The van der Waals surface area contributed by atoms with Crippen molar-refractivity contribution in [3.8, 4) is 11.5 Å². The van der Waals surface area contributed by atoms with Crippen LogP contribution in [0, 0.1) is 5.92 Å². The third kappa shape index (κ3) is 6.31. The molecule has 25 heavy (non-hydrogen) atoms. The van der Waals surface area contributed by atoms with Gasteiger partial charge in [-0.05, 0) is 36.1 Å². The second kappa shape index (κ2) is 9.94. The Kier molecular flexibility index (Phi) is 7.61. The first kappa shape index (κ1) is 19.1. The van der Waals surface area contributed by atoms with Gasteiger partial charge in [-0.15, -0.1) is 0 Å². The molecule has 0 aliphatic heterocycles. The number of hydrogen-bond acceptors (Lipinski definition) is 4. The van der Waals surface area contributed by atoms with Gasteiger partial charge in [0.05, 0.1) is 31.0 Å². The highest BCUT2D eigenvalue weighted by Gasteiger charge is 2.12. The zero-order valence-electron chi connectivity index (χ0n) is 15.0. The van der Waals surface area contributed by atoms with E-state index in [2.05, 4.69) is 24.4 Å². The molecule has 0 atom stereocenters. The van der Waals surface area contributed by atoms with Crippen molar-refractivity contribution >= 4 is 17.8 Å². The summed E-state index contributed by atoms with van der Waals surface area (Å²) in [5.74, 6) is 1.64. The Hall–Kier alpha value is -2.20. The fourth-order valence-electron chi connectivity index (χ4n) is 2.17. The molecule has 0 saturated heterocycles. The van der Waals surface area contributed by atoms with Crippen molar-refractivity contribution in [2.75, 3.05) is 13.2 Å². The Morgan fingerprint density at radius 2 is 1.92 bits per heavy atom. The zero-order valence-corrected chi connectivity index (χ0v) is 15.7. The molecular weight excluding hydrogens is 336 g/mol. The second-order valence-electron chi connectivity index (χ2n) is 6.05. The predicted molar refractivity (Wildman–Crippen MR) is 104 cm³/mol. The monoisotopic (exact) mass is 360 g/mol. The minimum absolute atomic E-state index is 0.411. The lowest BCUT2D eigenvalue weighted by Crippen LogP contribution is -2.07. The van der Waals surface area contributed by atoms with Crippen molar-refractivity contribution in [1.82, 2.24) is 5.43 Å². The van der Waals surface area contributed by atoms with E-state index in [1.807, 2.05) is 49.4 Å². The first-order valence-corrected chi connectivity index (χ1v) is 8.87. The van der Waals surface area contributed by atoms with E-state index in [4.69, 9.17) is 21.1 Å². The third-order valence-electron chi connectivity index (χ3n) is 3.32. The number of nitrogens with zero attached hydrogens (tertiary/aromatic N) is 1. The van der Waals surface area contributed by atoms with E-state index in [-0.39, 0.29) is 0 Å². The van der Waals surface area contributed by atoms with Crippen LogP contribution in [0.2, 0.25) is 5.02 Å². The highest BCUT2D eigenvalue weighted by molar-refractivity contribution is 6.32. The van der Waals surface area contributed by atoms with Crippen molar-refractivity contribution in [1.29, 1.82) is 0 Å². The molecule has 0 fully saturated rings. The summed E-state index contributed by atoms with van der Waals surface area (Å²) in [4.78, 5) is 0. The van der Waals surface area contributed by atoms with Crippen LogP contribution in [-0.2, 0) is 6.54 Å². The van der Waals surface area contributed by atoms with Crippen LogP contribution in [0.1, 0.15) is 31.9 Å². The van der Waals surface area contributed by atoms with Gasteiger partial charge in [-0.3, -0.25) is 0 Å². The molecule has 0 aliphatic carbocycles. The smallest absolute Gasteiger partial charge is 0.179 e. The molecule has 2 rings (SSSR count). The summed E-state index contributed by atoms with van der Waals surface area (Å²) < 4.78 is 11.5. The molecule has 0 spiro atoms. The van der Waals surface area contributed by atoms with E-state index in [1.54, 1.807) is 6.21 Å². The summed E-state index contributed by atoms with van der Waals surface area (Å²) in [7, 11) is 0. The maximum absolute atomic E-state index is 6.38. The molecule has 4 nitrogen and oxygen atoms in total. The molecule has 2 aromatic rings. The lowest BCUT2D eigenvalue weighted by Gasteiger charge is -2.15. The third-order valence-corrected chi connectivity index (χ3v) is 3.60. The molecule has 5 heteroatoms. The van der Waals surface area contributed by atoms with Gasteiger partial charge in [0.15, 0.2) is 11.5 Å². The van der Waals surface area contributed by atoms with Gasteiger partial charge in [-0.2, -0.15) is 5.10 Å². The van der Waals surface area contributed by atoms with Crippen molar-refractivity contribution in [2.45, 2.75) is 27.3 Å². The number of hydrazone groups is 1. The lowest BCUT2D eigenvalue weighted by atomic mass is 10.2. The Bertz CT molecular complexity index is 688. The van der Waals surface area contributed by atoms with Gasteiger partial charge >= 0.3 is 0 Å². The molecule has 0 aliphatic rings. The van der Waals surface area contributed by atoms with E-state index in [1.165, 1.54) is 5.56 Å². The lowest BCUT2D eigenvalue weighted by molar-refractivity contribution is 0.248. The molecule has 0 amide bonds. The molecule has 2 aromatic carbocycles. The summed E-state index contributed by atoms with van der Waals surface area (Å²) in [5.41, 5.74) is 5.05. The molecule has 0 bridgehead atoms. The normalized spacial score (nSPS) is 11.1. The molecule has 134 valence electrons. The van der Waals surface area contributed by atoms with Crippen molar-refractivity contribution in [3.05, 3.63) is 58.6 Å². The van der Waals surface area contributed by atoms with Crippen LogP contribution < -0.4 is 14.9 Å². The quantitative estimate of drug-likeness (QED) is 0.511. The number of benzene rings is 2. The minimum atomic E-state index is 0.411. The molecular formula is C20H25ClN2O2. The maximum atomic E-state index is 6.38. The summed E-state index contributed by atoms with van der Waals surface area (Å²) in [5, 5.41) is 4.78. The number of halogens is 1. The average Bonchev–Trinajstić information content (AvgIpc) is 2.59. The maximum Gasteiger partial charge on any atom is 0.179 e. The van der Waals surface area contributed by atoms with Gasteiger partial charge in [-0.25, -0.2) is 0 Å². The first-order chi connectivity index (χ1) is 12.1. The van der Waals surface area contributed by atoms with Gasteiger partial charge < -0.3 is 14.9 Å². The van der Waals surface area contributed by atoms with Gasteiger partial charge in [0, 0.05) is 0 Å². The molecule has 0 saturated carbocycles. The van der Waals surface area contributed by atoms with E-state index in [0.717, 1.165) is 5.56 Å². The zero-order chi connectivity index (χ0) is 18.1. The molecule has 0 heterocycles. The van der Waals surface area contributed by atoms with Gasteiger partial charge in [0.1, 0.15) is 0 Å². The fraction of sp³-hybridized carbons (Fsp3) is 0.350. The topological polar surface area (TPSA) is 42.8 Å². The number of hydrogen-bond donors (Lipinski definition) is 1. The molecule has 1 N–H and O–H groups in total. The van der Waals surface area contributed by atoms with Crippen molar-refractivity contribution < 1.29 is 9.47 Å². The number of rotatable bonds is 9. The highest BCUT2D eigenvalue weighted by atomic mass is 35.5. The Morgan fingerprint density at radius 1 is 1.16 bits per heavy atom. The van der Waals surface area contributed by atoms with Crippen LogP contribution in [0.4, 0.5) is 0 Å². The Balaban J connectivity index is 2.06. The van der Waals surface area contributed by atoms with Crippen LogP contribution in [-0.4, -0.2) is 19.4 Å². The summed E-state index contributed by atoms with van der Waals surface area (Å²) in [6, 6.07) is 13.8. The van der Waals surface area contributed by atoms with E-state index in [9.17, 15) is 0 Å². The Labute approximate surface area is 154 Å². The second-order valence-corrected chi connectivity index (χ2v) is 6.45. The van der Waals surface area contributed by atoms with Crippen molar-refractivity contribution in [3.63, 3.8) is 0 Å². The predicted octanol–water partition coefficient (Wildman–Crippen LogP) is 4.90. The van der Waals surface area contributed by atoms with E-state index < -0.39 is 0 Å². The standard InChI is InChI=1S/C20H25ClN2O2/c1-4-24-19-11-17(10-18(21)20(19)25-14-15(2)3)13-23-22-12-16-8-6-5-7-9-16/h5-11,13,15,22H,4,12,14H2,1-3H3. The van der Waals surface area contributed by atoms with Gasteiger partial charge in [0.25, 0.3) is 0 Å². The van der Waals surface area contributed by atoms with Gasteiger partial charge in [-0.1, -0.05) is 55.8 Å². The molecule has 0 unspecified atom stereocenters. The van der Waals surface area contributed by atoms with Crippen LogP contribution in [0.15, 0.2) is 47.6 Å². The van der Waals surface area contributed by atoms with Crippen LogP contribution in [0.5, 0.6) is 11.5 Å². The number of nitrogens with one attached hydrogen (secondary N) is 1.